The van der Waals surface area contributed by atoms with Gasteiger partial charge in [0, 0.05) is 13.1 Å². The summed E-state index contributed by atoms with van der Waals surface area (Å²) in [4.78, 5) is 25.0. The Balaban J connectivity index is 1.79. The first-order valence-electron chi connectivity index (χ1n) is 7.78. The zero-order valence-corrected chi connectivity index (χ0v) is 14.8. The van der Waals surface area contributed by atoms with Crippen molar-refractivity contribution in [1.29, 1.82) is 5.26 Å². The maximum absolute atomic E-state index is 12.1. The van der Waals surface area contributed by atoms with Gasteiger partial charge in [-0.05, 0) is 46.3 Å². The number of benzene rings is 1. The molecule has 1 aliphatic heterocycles. The molecule has 128 valence electrons. The molecule has 0 aliphatic carbocycles. The molecule has 2 aromatic rings. The summed E-state index contributed by atoms with van der Waals surface area (Å²) in [5.74, 6) is 0.290. The number of piperidine rings is 1. The predicted octanol–water partition coefficient (Wildman–Crippen LogP) is 2.79. The first-order chi connectivity index (χ1) is 12.0. The SMILES string of the molecule is N#Cc1ccccc1C1CCN(c2cnn(C(=O)O)c(=O)c2Br)CC1. The van der Waals surface area contributed by atoms with Gasteiger partial charge < -0.3 is 10.0 Å². The lowest BCUT2D eigenvalue weighted by Gasteiger charge is -2.34. The molecule has 3 rings (SSSR count). The molecule has 7 nitrogen and oxygen atoms in total. The van der Waals surface area contributed by atoms with E-state index in [1.54, 1.807) is 0 Å². The van der Waals surface area contributed by atoms with Crippen molar-refractivity contribution in [3.63, 3.8) is 0 Å². The van der Waals surface area contributed by atoms with E-state index in [1.807, 2.05) is 29.2 Å². The van der Waals surface area contributed by atoms with E-state index < -0.39 is 11.7 Å². The number of hydrogen-bond donors (Lipinski definition) is 1. The lowest BCUT2D eigenvalue weighted by atomic mass is 9.86. The van der Waals surface area contributed by atoms with Crippen LogP contribution in [-0.2, 0) is 0 Å². The molecule has 2 heterocycles. The van der Waals surface area contributed by atoms with Crippen molar-refractivity contribution in [2.45, 2.75) is 18.8 Å². The van der Waals surface area contributed by atoms with Gasteiger partial charge in [0.15, 0.2) is 0 Å². The van der Waals surface area contributed by atoms with Crippen LogP contribution in [0, 0.1) is 11.3 Å². The Bertz CT molecular complexity index is 911. The Kier molecular flexibility index (Phi) is 4.86. The molecule has 0 unspecified atom stereocenters. The van der Waals surface area contributed by atoms with Gasteiger partial charge in [-0.2, -0.15) is 10.4 Å². The van der Waals surface area contributed by atoms with Gasteiger partial charge in [-0.25, -0.2) is 4.79 Å². The van der Waals surface area contributed by atoms with Gasteiger partial charge in [0.2, 0.25) is 0 Å². The molecule has 1 aromatic heterocycles. The van der Waals surface area contributed by atoms with Crippen LogP contribution >= 0.6 is 15.9 Å². The molecule has 1 saturated heterocycles. The Morgan fingerprint density at radius 1 is 1.32 bits per heavy atom. The van der Waals surface area contributed by atoms with E-state index in [0.29, 0.717) is 34.9 Å². The highest BCUT2D eigenvalue weighted by molar-refractivity contribution is 9.10. The Morgan fingerprint density at radius 2 is 2.00 bits per heavy atom. The van der Waals surface area contributed by atoms with Crippen LogP contribution in [0.1, 0.15) is 29.9 Å². The van der Waals surface area contributed by atoms with Crippen molar-refractivity contribution >= 4 is 27.7 Å². The third-order valence-corrected chi connectivity index (χ3v) is 5.18. The third-order valence-electron chi connectivity index (χ3n) is 4.44. The molecule has 1 aromatic carbocycles. The summed E-state index contributed by atoms with van der Waals surface area (Å²) < 4.78 is 0.601. The Hall–Kier alpha value is -2.66. The second-order valence-corrected chi connectivity index (χ2v) is 6.60. The van der Waals surface area contributed by atoms with Gasteiger partial charge in [-0.1, -0.05) is 18.2 Å². The van der Waals surface area contributed by atoms with Crippen molar-refractivity contribution in [1.82, 2.24) is 9.78 Å². The maximum atomic E-state index is 12.1. The molecule has 0 saturated carbocycles. The minimum Gasteiger partial charge on any atom is -0.463 e. The zero-order valence-electron chi connectivity index (χ0n) is 13.2. The number of aromatic nitrogens is 2. The number of carbonyl (C=O) groups is 1. The van der Waals surface area contributed by atoms with Crippen molar-refractivity contribution < 1.29 is 9.90 Å². The highest BCUT2D eigenvalue weighted by Gasteiger charge is 2.25. The van der Waals surface area contributed by atoms with E-state index in [1.165, 1.54) is 6.20 Å². The van der Waals surface area contributed by atoms with Gasteiger partial charge in [0.25, 0.3) is 5.56 Å². The summed E-state index contributed by atoms with van der Waals surface area (Å²) in [7, 11) is 0. The molecule has 0 spiro atoms. The van der Waals surface area contributed by atoms with Gasteiger partial charge in [-0.3, -0.25) is 4.79 Å². The minimum atomic E-state index is -1.41. The lowest BCUT2D eigenvalue weighted by molar-refractivity contribution is 0.191. The van der Waals surface area contributed by atoms with Crippen LogP contribution in [0.2, 0.25) is 0 Å². The third kappa shape index (κ3) is 3.28. The summed E-state index contributed by atoms with van der Waals surface area (Å²) in [5.41, 5.74) is 1.66. The van der Waals surface area contributed by atoms with Crippen LogP contribution in [0.5, 0.6) is 0 Å². The fraction of sp³-hybridized carbons (Fsp3) is 0.294. The van der Waals surface area contributed by atoms with Gasteiger partial charge >= 0.3 is 6.09 Å². The standard InChI is InChI=1S/C17H15BrN4O3/c18-15-14(10-20-22(16(15)23)17(24)25)21-7-5-11(6-8-21)13-4-2-1-3-12(13)9-19/h1-4,10-11H,5-8H2,(H,24,25). The number of nitrogens with zero attached hydrogens (tertiary/aromatic N) is 4. The van der Waals surface area contributed by atoms with Crippen molar-refractivity contribution in [3.05, 3.63) is 56.4 Å². The van der Waals surface area contributed by atoms with E-state index >= 15 is 0 Å². The van der Waals surface area contributed by atoms with E-state index in [-0.39, 0.29) is 4.47 Å². The second kappa shape index (κ2) is 7.07. The molecular weight excluding hydrogens is 388 g/mol. The maximum Gasteiger partial charge on any atom is 0.435 e. The average molecular weight is 403 g/mol. The van der Waals surface area contributed by atoms with Crippen LogP contribution in [0.25, 0.3) is 0 Å². The smallest absolute Gasteiger partial charge is 0.435 e. The van der Waals surface area contributed by atoms with Gasteiger partial charge in [0.1, 0.15) is 4.47 Å². The Labute approximate surface area is 152 Å². The second-order valence-electron chi connectivity index (χ2n) is 5.80. The molecule has 0 radical (unpaired) electrons. The number of hydrogen-bond acceptors (Lipinski definition) is 5. The molecular formula is C17H15BrN4O3. The highest BCUT2D eigenvalue weighted by atomic mass is 79.9. The van der Waals surface area contributed by atoms with Gasteiger partial charge in [0.05, 0.1) is 23.5 Å². The highest BCUT2D eigenvalue weighted by Crippen LogP contribution is 2.33. The summed E-state index contributed by atoms with van der Waals surface area (Å²) in [5, 5.41) is 21.9. The zero-order chi connectivity index (χ0) is 18.0. The fourth-order valence-corrected chi connectivity index (χ4v) is 3.69. The van der Waals surface area contributed by atoms with Crippen LogP contribution in [0.4, 0.5) is 10.5 Å². The van der Waals surface area contributed by atoms with E-state index in [2.05, 4.69) is 27.1 Å². The Morgan fingerprint density at radius 3 is 2.64 bits per heavy atom. The molecule has 1 aliphatic rings. The largest absolute Gasteiger partial charge is 0.463 e. The molecule has 1 N–H and O–H groups in total. The summed E-state index contributed by atoms with van der Waals surface area (Å²) in [6, 6.07) is 9.85. The lowest BCUT2D eigenvalue weighted by Crippen LogP contribution is -2.36. The van der Waals surface area contributed by atoms with Crippen LogP contribution in [-0.4, -0.2) is 34.1 Å². The van der Waals surface area contributed by atoms with Crippen LogP contribution < -0.4 is 10.5 Å². The average Bonchev–Trinajstić information content (AvgIpc) is 2.64. The van der Waals surface area contributed by atoms with Crippen LogP contribution in [0.15, 0.2) is 39.7 Å². The summed E-state index contributed by atoms with van der Waals surface area (Å²) in [6.07, 6.45) is 1.66. The van der Waals surface area contributed by atoms with Crippen molar-refractivity contribution in [2.24, 2.45) is 0 Å². The number of halogens is 1. The normalized spacial score (nSPS) is 15.0. The number of carboxylic acid groups (broad SMARTS) is 1. The number of nitriles is 1. The molecule has 8 heteroatoms. The summed E-state index contributed by atoms with van der Waals surface area (Å²) >= 11 is 3.20. The van der Waals surface area contributed by atoms with Crippen molar-refractivity contribution in [2.75, 3.05) is 18.0 Å². The molecule has 0 amide bonds. The van der Waals surface area contributed by atoms with Crippen LogP contribution in [0.3, 0.4) is 0 Å². The topological polar surface area (TPSA) is 99.2 Å². The molecule has 0 atom stereocenters. The monoisotopic (exact) mass is 402 g/mol. The van der Waals surface area contributed by atoms with E-state index in [9.17, 15) is 14.9 Å². The van der Waals surface area contributed by atoms with E-state index in [0.717, 1.165) is 18.4 Å². The quantitative estimate of drug-likeness (QED) is 0.828. The number of anilines is 1. The molecule has 0 bridgehead atoms. The fourth-order valence-electron chi connectivity index (χ4n) is 3.17. The van der Waals surface area contributed by atoms with Crippen molar-refractivity contribution in [3.8, 4) is 6.07 Å². The first kappa shape index (κ1) is 17.2. The van der Waals surface area contributed by atoms with Gasteiger partial charge in [-0.15, -0.1) is 4.68 Å². The molecule has 25 heavy (non-hydrogen) atoms. The summed E-state index contributed by atoms with van der Waals surface area (Å²) in [6.45, 7) is 1.39. The predicted molar refractivity (Wildman–Crippen MR) is 95.0 cm³/mol. The molecule has 1 fully saturated rings. The number of rotatable bonds is 2. The minimum absolute atomic E-state index is 0.195. The van der Waals surface area contributed by atoms with E-state index in [4.69, 9.17) is 5.11 Å². The first-order valence-corrected chi connectivity index (χ1v) is 8.57.